The molecule has 3 heteroatoms. The number of hydrogen-bond acceptors (Lipinski definition) is 2. The molecule has 0 fully saturated rings. The van der Waals surface area contributed by atoms with Crippen LogP contribution in [0, 0.1) is 5.92 Å². The minimum atomic E-state index is 0.140. The van der Waals surface area contributed by atoms with Gasteiger partial charge >= 0.3 is 0 Å². The van der Waals surface area contributed by atoms with Crippen LogP contribution in [0.1, 0.15) is 30.9 Å². The molecule has 0 aromatic heterocycles. The van der Waals surface area contributed by atoms with Crippen molar-refractivity contribution in [3.8, 4) is 0 Å². The van der Waals surface area contributed by atoms with E-state index in [2.05, 4.69) is 65.7 Å². The highest BCUT2D eigenvalue weighted by Crippen LogP contribution is 2.13. The van der Waals surface area contributed by atoms with Crippen LogP contribution in [0.4, 0.5) is 0 Å². The van der Waals surface area contributed by atoms with E-state index in [0.717, 1.165) is 25.8 Å². The van der Waals surface area contributed by atoms with Crippen molar-refractivity contribution in [2.24, 2.45) is 5.92 Å². The van der Waals surface area contributed by atoms with Crippen molar-refractivity contribution in [3.05, 3.63) is 71.8 Å². The van der Waals surface area contributed by atoms with Crippen molar-refractivity contribution >= 4 is 5.91 Å². The smallest absolute Gasteiger partial charge is 0.220 e. The van der Waals surface area contributed by atoms with Crippen molar-refractivity contribution in [1.29, 1.82) is 0 Å². The number of carbonyl (C=O) groups excluding carboxylic acids is 1. The maximum absolute atomic E-state index is 12.5. The second kappa shape index (κ2) is 10.8. The summed E-state index contributed by atoms with van der Waals surface area (Å²) < 4.78 is 0. The molecule has 0 radical (unpaired) electrons. The number of nitrogens with one attached hydrogen (secondary N) is 1. The van der Waals surface area contributed by atoms with Crippen LogP contribution in [-0.2, 0) is 17.6 Å². The molecule has 1 amide bonds. The molecule has 2 atom stereocenters. The first-order chi connectivity index (χ1) is 12.5. The lowest BCUT2D eigenvalue weighted by Crippen LogP contribution is -2.43. The minimum absolute atomic E-state index is 0.140. The van der Waals surface area contributed by atoms with Crippen LogP contribution in [-0.4, -0.2) is 37.5 Å². The summed E-state index contributed by atoms with van der Waals surface area (Å²) in [6.07, 6.45) is 3.52. The number of carbonyl (C=O) groups is 1. The first kappa shape index (κ1) is 20.2. The van der Waals surface area contributed by atoms with Crippen molar-refractivity contribution in [2.75, 3.05) is 20.6 Å². The van der Waals surface area contributed by atoms with Gasteiger partial charge in [0.05, 0.1) is 0 Å². The predicted molar refractivity (Wildman–Crippen MR) is 109 cm³/mol. The number of rotatable bonds is 10. The van der Waals surface area contributed by atoms with Gasteiger partial charge in [0.15, 0.2) is 0 Å². The average molecular weight is 353 g/mol. The van der Waals surface area contributed by atoms with E-state index in [4.69, 9.17) is 0 Å². The molecule has 0 heterocycles. The van der Waals surface area contributed by atoms with Gasteiger partial charge in [0.2, 0.25) is 5.91 Å². The molecule has 26 heavy (non-hydrogen) atoms. The van der Waals surface area contributed by atoms with Gasteiger partial charge in [-0.05, 0) is 50.4 Å². The molecule has 0 saturated heterocycles. The molecule has 3 nitrogen and oxygen atoms in total. The molecule has 0 spiro atoms. The maximum atomic E-state index is 12.5. The van der Waals surface area contributed by atoms with Crippen molar-refractivity contribution in [2.45, 2.75) is 38.6 Å². The zero-order chi connectivity index (χ0) is 18.8. The van der Waals surface area contributed by atoms with E-state index in [0.29, 0.717) is 12.3 Å². The topological polar surface area (TPSA) is 32.3 Å². The summed E-state index contributed by atoms with van der Waals surface area (Å²) >= 11 is 0. The van der Waals surface area contributed by atoms with Crippen LogP contribution >= 0.6 is 0 Å². The molecule has 0 aliphatic rings. The molecule has 1 N–H and O–H groups in total. The lowest BCUT2D eigenvalue weighted by molar-refractivity contribution is -0.122. The fraction of sp³-hybridized carbons (Fsp3) is 0.435. The van der Waals surface area contributed by atoms with E-state index in [1.807, 2.05) is 26.2 Å². The van der Waals surface area contributed by atoms with Gasteiger partial charge in [-0.15, -0.1) is 0 Å². The Morgan fingerprint density at radius 1 is 0.962 bits per heavy atom. The van der Waals surface area contributed by atoms with E-state index >= 15 is 0 Å². The summed E-state index contributed by atoms with van der Waals surface area (Å²) in [4.78, 5) is 14.6. The molecule has 140 valence electrons. The van der Waals surface area contributed by atoms with Gasteiger partial charge in [0.1, 0.15) is 0 Å². The van der Waals surface area contributed by atoms with Crippen molar-refractivity contribution in [3.63, 3.8) is 0 Å². The summed E-state index contributed by atoms with van der Waals surface area (Å²) in [6, 6.07) is 21.0. The fourth-order valence-corrected chi connectivity index (χ4v) is 3.26. The van der Waals surface area contributed by atoms with E-state index < -0.39 is 0 Å². The molecule has 0 bridgehead atoms. The van der Waals surface area contributed by atoms with E-state index in [1.165, 1.54) is 11.1 Å². The summed E-state index contributed by atoms with van der Waals surface area (Å²) in [6.45, 7) is 3.01. The van der Waals surface area contributed by atoms with Crippen LogP contribution in [0.3, 0.4) is 0 Å². The van der Waals surface area contributed by atoms with Crippen molar-refractivity contribution in [1.82, 2.24) is 10.2 Å². The highest BCUT2D eigenvalue weighted by atomic mass is 16.1. The van der Waals surface area contributed by atoms with Gasteiger partial charge in [0, 0.05) is 19.0 Å². The van der Waals surface area contributed by atoms with Crippen LogP contribution in [0.15, 0.2) is 60.7 Å². The third-order valence-electron chi connectivity index (χ3n) is 4.58. The number of hydrogen-bond donors (Lipinski definition) is 1. The molecule has 2 aromatic rings. The largest absolute Gasteiger partial charge is 0.352 e. The fourth-order valence-electron chi connectivity index (χ4n) is 3.26. The van der Waals surface area contributed by atoms with Crippen LogP contribution in [0.5, 0.6) is 0 Å². The Kier molecular flexibility index (Phi) is 8.36. The van der Waals surface area contributed by atoms with Gasteiger partial charge < -0.3 is 10.2 Å². The summed E-state index contributed by atoms with van der Waals surface area (Å²) in [5, 5.41) is 3.25. The third-order valence-corrected chi connectivity index (χ3v) is 4.58. The number of benzene rings is 2. The van der Waals surface area contributed by atoms with Crippen LogP contribution in [0.25, 0.3) is 0 Å². The zero-order valence-corrected chi connectivity index (χ0v) is 16.3. The average Bonchev–Trinajstić information content (AvgIpc) is 2.61. The first-order valence-electron chi connectivity index (χ1n) is 9.55. The Labute approximate surface area is 158 Å². The standard InChI is InChI=1S/C23H32N2O/c1-19(14-15-20-10-6-4-7-11-20)16-23(26)24-22(18-25(2)3)17-21-12-8-5-9-13-21/h4-13,19,22H,14-18H2,1-3H3,(H,24,26). The Hall–Kier alpha value is -2.13. The molecule has 2 aromatic carbocycles. The van der Waals surface area contributed by atoms with Gasteiger partial charge in [-0.25, -0.2) is 0 Å². The summed E-state index contributed by atoms with van der Waals surface area (Å²) in [7, 11) is 4.10. The predicted octanol–water partition coefficient (Wildman–Crippen LogP) is 3.93. The second-order valence-corrected chi connectivity index (χ2v) is 7.55. The van der Waals surface area contributed by atoms with Gasteiger partial charge in [-0.3, -0.25) is 4.79 Å². The minimum Gasteiger partial charge on any atom is -0.352 e. The molecule has 0 aliphatic carbocycles. The highest BCUT2D eigenvalue weighted by Gasteiger charge is 2.16. The Morgan fingerprint density at radius 2 is 1.54 bits per heavy atom. The normalized spacial score (nSPS) is 13.4. The van der Waals surface area contributed by atoms with Gasteiger partial charge in [0.25, 0.3) is 0 Å². The summed E-state index contributed by atoms with van der Waals surface area (Å²) in [5.41, 5.74) is 2.60. The summed E-state index contributed by atoms with van der Waals surface area (Å²) in [5.74, 6) is 0.542. The number of aryl methyl sites for hydroxylation is 1. The quantitative estimate of drug-likeness (QED) is 0.702. The number of amides is 1. The van der Waals surface area contributed by atoms with E-state index in [9.17, 15) is 4.79 Å². The number of likely N-dealkylation sites (N-methyl/N-ethyl adjacent to an activating group) is 1. The van der Waals surface area contributed by atoms with E-state index in [1.54, 1.807) is 0 Å². The van der Waals surface area contributed by atoms with Crippen molar-refractivity contribution < 1.29 is 4.79 Å². The second-order valence-electron chi connectivity index (χ2n) is 7.55. The SMILES string of the molecule is CC(CCc1ccccc1)CC(=O)NC(Cc1ccccc1)CN(C)C. The molecular weight excluding hydrogens is 320 g/mol. The zero-order valence-electron chi connectivity index (χ0n) is 16.3. The first-order valence-corrected chi connectivity index (χ1v) is 9.55. The Morgan fingerprint density at radius 3 is 2.12 bits per heavy atom. The number of nitrogens with zero attached hydrogens (tertiary/aromatic N) is 1. The molecule has 0 aliphatic heterocycles. The molecule has 2 rings (SSSR count). The molecule has 0 saturated carbocycles. The van der Waals surface area contributed by atoms with Gasteiger partial charge in [-0.2, -0.15) is 0 Å². The molecular formula is C23H32N2O. The third kappa shape index (κ3) is 7.83. The van der Waals surface area contributed by atoms with Crippen LogP contribution in [0.2, 0.25) is 0 Å². The molecule has 2 unspecified atom stereocenters. The van der Waals surface area contributed by atoms with Gasteiger partial charge in [-0.1, -0.05) is 67.6 Å². The maximum Gasteiger partial charge on any atom is 0.220 e. The van der Waals surface area contributed by atoms with Crippen LogP contribution < -0.4 is 5.32 Å². The van der Waals surface area contributed by atoms with E-state index in [-0.39, 0.29) is 11.9 Å². The lowest BCUT2D eigenvalue weighted by atomic mass is 9.97. The lowest BCUT2D eigenvalue weighted by Gasteiger charge is -2.23. The highest BCUT2D eigenvalue weighted by molar-refractivity contribution is 5.76. The Balaban J connectivity index is 1.81. The Bertz CT molecular complexity index is 640. The monoisotopic (exact) mass is 352 g/mol.